The van der Waals surface area contributed by atoms with Gasteiger partial charge in [-0.1, -0.05) is 0 Å². The van der Waals surface area contributed by atoms with Crippen molar-refractivity contribution in [2.45, 2.75) is 12.8 Å². The Hall–Kier alpha value is -2.09. The number of likely N-dealkylation sites (N-methyl/N-ethyl adjacent to an activating group) is 1. The van der Waals surface area contributed by atoms with Crippen molar-refractivity contribution in [2.24, 2.45) is 5.92 Å². The van der Waals surface area contributed by atoms with Gasteiger partial charge in [-0.15, -0.1) is 0 Å². The first kappa shape index (κ1) is 17.3. The number of aryl methyl sites for hydroxylation is 1. The fourth-order valence-electron chi connectivity index (χ4n) is 2.67. The van der Waals surface area contributed by atoms with E-state index in [9.17, 15) is 9.59 Å². The van der Waals surface area contributed by atoms with E-state index in [4.69, 9.17) is 9.26 Å². The second-order valence-electron chi connectivity index (χ2n) is 5.75. The Morgan fingerprint density at radius 1 is 1.43 bits per heavy atom. The number of methoxy groups -OCH3 is 1. The molecule has 1 aromatic heterocycles. The SMILES string of the molecule is CNC(=O)[C@@H]1CN(C)CCN(C(=O)CCc2cc(OC)no2)C1. The zero-order chi connectivity index (χ0) is 16.8. The number of hydrogen-bond acceptors (Lipinski definition) is 6. The smallest absolute Gasteiger partial charge is 0.254 e. The second kappa shape index (κ2) is 7.96. The summed E-state index contributed by atoms with van der Waals surface area (Å²) in [5, 5.41) is 6.38. The van der Waals surface area contributed by atoms with E-state index in [1.165, 1.54) is 7.11 Å². The Morgan fingerprint density at radius 3 is 2.87 bits per heavy atom. The fraction of sp³-hybridized carbons (Fsp3) is 0.667. The minimum absolute atomic E-state index is 0.0181. The molecule has 1 atom stereocenters. The first-order chi connectivity index (χ1) is 11.0. The highest BCUT2D eigenvalue weighted by Gasteiger charge is 2.28. The van der Waals surface area contributed by atoms with Crippen molar-refractivity contribution in [3.63, 3.8) is 0 Å². The van der Waals surface area contributed by atoms with Crippen LogP contribution >= 0.6 is 0 Å². The topological polar surface area (TPSA) is 87.9 Å². The summed E-state index contributed by atoms with van der Waals surface area (Å²) < 4.78 is 10.0. The molecule has 1 N–H and O–H groups in total. The van der Waals surface area contributed by atoms with Gasteiger partial charge in [0.05, 0.1) is 13.0 Å². The molecular formula is C15H24N4O4. The summed E-state index contributed by atoms with van der Waals surface area (Å²) in [7, 11) is 5.10. The van der Waals surface area contributed by atoms with E-state index in [1.807, 2.05) is 7.05 Å². The van der Waals surface area contributed by atoms with Crippen molar-refractivity contribution in [2.75, 3.05) is 47.4 Å². The number of hydrogen-bond donors (Lipinski definition) is 1. The Bertz CT molecular complexity index is 545. The number of nitrogens with one attached hydrogen (secondary N) is 1. The Labute approximate surface area is 135 Å². The van der Waals surface area contributed by atoms with Crippen molar-refractivity contribution in [3.8, 4) is 5.88 Å². The summed E-state index contributed by atoms with van der Waals surface area (Å²) in [6, 6.07) is 1.68. The lowest BCUT2D eigenvalue weighted by Gasteiger charge is -2.23. The highest BCUT2D eigenvalue weighted by Crippen LogP contribution is 2.14. The summed E-state index contributed by atoms with van der Waals surface area (Å²) in [5.74, 6) is 0.802. The van der Waals surface area contributed by atoms with Gasteiger partial charge in [0.25, 0.3) is 5.88 Å². The van der Waals surface area contributed by atoms with Gasteiger partial charge in [0.2, 0.25) is 11.8 Å². The van der Waals surface area contributed by atoms with Crippen LogP contribution in [0.1, 0.15) is 12.2 Å². The molecule has 128 valence electrons. The van der Waals surface area contributed by atoms with Crippen LogP contribution in [0.2, 0.25) is 0 Å². The average molecular weight is 324 g/mol. The molecule has 1 aliphatic heterocycles. The predicted octanol–water partition coefficient (Wildman–Crippen LogP) is -0.248. The molecule has 1 fully saturated rings. The molecule has 0 saturated carbocycles. The number of nitrogens with zero attached hydrogens (tertiary/aromatic N) is 3. The monoisotopic (exact) mass is 324 g/mol. The van der Waals surface area contributed by atoms with Gasteiger partial charge in [0.1, 0.15) is 5.76 Å². The maximum absolute atomic E-state index is 12.4. The van der Waals surface area contributed by atoms with Crippen molar-refractivity contribution < 1.29 is 18.8 Å². The molecule has 0 aromatic carbocycles. The number of aromatic nitrogens is 1. The van der Waals surface area contributed by atoms with Crippen LogP contribution in [0.4, 0.5) is 0 Å². The summed E-state index contributed by atoms with van der Waals surface area (Å²) in [6.45, 7) is 2.49. The summed E-state index contributed by atoms with van der Waals surface area (Å²) in [4.78, 5) is 28.2. The molecular weight excluding hydrogens is 300 g/mol. The number of rotatable bonds is 5. The first-order valence-electron chi connectivity index (χ1n) is 7.71. The van der Waals surface area contributed by atoms with Crippen LogP contribution in [-0.2, 0) is 16.0 Å². The minimum atomic E-state index is -0.207. The van der Waals surface area contributed by atoms with Gasteiger partial charge in [-0.25, -0.2) is 0 Å². The molecule has 8 heteroatoms. The second-order valence-corrected chi connectivity index (χ2v) is 5.75. The van der Waals surface area contributed by atoms with Crippen LogP contribution in [0, 0.1) is 5.92 Å². The van der Waals surface area contributed by atoms with Gasteiger partial charge in [0.15, 0.2) is 0 Å². The molecule has 0 spiro atoms. The number of carbonyl (C=O) groups excluding carboxylic acids is 2. The lowest BCUT2D eigenvalue weighted by Crippen LogP contribution is -2.41. The number of ether oxygens (including phenoxy) is 1. The van der Waals surface area contributed by atoms with E-state index in [0.29, 0.717) is 44.1 Å². The van der Waals surface area contributed by atoms with Crippen molar-refractivity contribution in [1.82, 2.24) is 20.3 Å². The standard InChI is InChI=1S/C15H24N4O4/c1-16-15(21)11-9-18(2)6-7-19(10-11)14(20)5-4-12-8-13(22-3)17-23-12/h8,11H,4-7,9-10H2,1-3H3,(H,16,21)/t11-/m1/s1. The molecule has 0 aliphatic carbocycles. The van der Waals surface area contributed by atoms with Gasteiger partial charge in [0, 0.05) is 52.1 Å². The largest absolute Gasteiger partial charge is 0.479 e. The molecule has 1 aromatic rings. The third-order valence-corrected chi connectivity index (χ3v) is 4.03. The average Bonchev–Trinajstić information content (AvgIpc) is 2.93. The van der Waals surface area contributed by atoms with Crippen LogP contribution in [0.25, 0.3) is 0 Å². The highest BCUT2D eigenvalue weighted by molar-refractivity contribution is 5.81. The summed E-state index contributed by atoms with van der Waals surface area (Å²) in [5.41, 5.74) is 0. The molecule has 0 radical (unpaired) electrons. The van der Waals surface area contributed by atoms with Crippen LogP contribution < -0.4 is 10.1 Å². The van der Waals surface area contributed by atoms with Crippen LogP contribution in [0.5, 0.6) is 5.88 Å². The Balaban J connectivity index is 1.92. The van der Waals surface area contributed by atoms with E-state index in [2.05, 4.69) is 15.4 Å². The van der Waals surface area contributed by atoms with Crippen molar-refractivity contribution >= 4 is 11.8 Å². The third kappa shape index (κ3) is 4.69. The van der Waals surface area contributed by atoms with E-state index < -0.39 is 0 Å². The number of carbonyl (C=O) groups is 2. The minimum Gasteiger partial charge on any atom is -0.479 e. The van der Waals surface area contributed by atoms with Crippen molar-refractivity contribution in [1.29, 1.82) is 0 Å². The summed E-state index contributed by atoms with van der Waals surface area (Å²) in [6.07, 6.45) is 0.786. The number of amides is 2. The van der Waals surface area contributed by atoms with E-state index in [1.54, 1.807) is 18.0 Å². The molecule has 8 nitrogen and oxygen atoms in total. The third-order valence-electron chi connectivity index (χ3n) is 4.03. The Morgan fingerprint density at radius 2 is 2.22 bits per heavy atom. The quantitative estimate of drug-likeness (QED) is 0.804. The Kier molecular flexibility index (Phi) is 5.97. The maximum atomic E-state index is 12.4. The van der Waals surface area contributed by atoms with Gasteiger partial charge in [-0.05, 0) is 12.2 Å². The first-order valence-corrected chi connectivity index (χ1v) is 7.71. The van der Waals surface area contributed by atoms with Gasteiger partial charge in [-0.3, -0.25) is 9.59 Å². The van der Waals surface area contributed by atoms with Crippen LogP contribution in [0.15, 0.2) is 10.6 Å². The van der Waals surface area contributed by atoms with Gasteiger partial charge >= 0.3 is 0 Å². The molecule has 23 heavy (non-hydrogen) atoms. The fourth-order valence-corrected chi connectivity index (χ4v) is 2.67. The maximum Gasteiger partial charge on any atom is 0.254 e. The van der Waals surface area contributed by atoms with E-state index in [-0.39, 0.29) is 17.7 Å². The zero-order valence-electron chi connectivity index (χ0n) is 13.9. The molecule has 2 heterocycles. The molecule has 0 unspecified atom stereocenters. The molecule has 1 saturated heterocycles. The van der Waals surface area contributed by atoms with Gasteiger partial charge < -0.3 is 24.4 Å². The van der Waals surface area contributed by atoms with E-state index in [0.717, 1.165) is 6.54 Å². The molecule has 2 rings (SSSR count). The lowest BCUT2D eigenvalue weighted by molar-refractivity contribution is -0.132. The highest BCUT2D eigenvalue weighted by atomic mass is 16.5. The van der Waals surface area contributed by atoms with Crippen molar-refractivity contribution in [3.05, 3.63) is 11.8 Å². The summed E-state index contributed by atoms with van der Waals surface area (Å²) >= 11 is 0. The predicted molar refractivity (Wildman–Crippen MR) is 83.0 cm³/mol. The normalized spacial score (nSPS) is 19.3. The van der Waals surface area contributed by atoms with E-state index >= 15 is 0 Å². The molecule has 1 aliphatic rings. The van der Waals surface area contributed by atoms with Gasteiger partial charge in [-0.2, -0.15) is 0 Å². The lowest BCUT2D eigenvalue weighted by atomic mass is 10.1. The molecule has 0 bridgehead atoms. The zero-order valence-corrected chi connectivity index (χ0v) is 13.9. The van der Waals surface area contributed by atoms with Crippen LogP contribution in [-0.4, -0.2) is 74.2 Å². The molecule has 2 amide bonds. The van der Waals surface area contributed by atoms with Crippen LogP contribution in [0.3, 0.4) is 0 Å².